The molecule has 0 amide bonds. The first kappa shape index (κ1) is 23.8. The fourth-order valence-electron chi connectivity index (χ4n) is 3.72. The van der Waals surface area contributed by atoms with Gasteiger partial charge in [-0.1, -0.05) is 63.8 Å². The summed E-state index contributed by atoms with van der Waals surface area (Å²) >= 11 is 0. The molecule has 3 aromatic rings. The van der Waals surface area contributed by atoms with Crippen LogP contribution >= 0.6 is 0 Å². The van der Waals surface area contributed by atoms with Crippen LogP contribution in [0.5, 0.6) is 11.5 Å². The van der Waals surface area contributed by atoms with Crippen molar-refractivity contribution in [2.75, 3.05) is 0 Å². The molecule has 1 unspecified atom stereocenters. The summed E-state index contributed by atoms with van der Waals surface area (Å²) in [5, 5.41) is 12.3. The second-order valence-corrected chi connectivity index (χ2v) is 8.11. The fourth-order valence-corrected chi connectivity index (χ4v) is 3.72. The number of hydrogen-bond acceptors (Lipinski definition) is 6. The second-order valence-electron chi connectivity index (χ2n) is 8.11. The van der Waals surface area contributed by atoms with E-state index in [1.807, 2.05) is 24.3 Å². The van der Waals surface area contributed by atoms with Gasteiger partial charge in [-0.25, -0.2) is 0 Å². The number of Topliss-reactive ketones (excluding diaryl/α,β-unsaturated/α-hetero) is 1. The SMILES string of the molecule is CCCCCC(=O)Oc1c2ccccc2c(OC(O)CCCCC)c2oc(C(C)=O)cc12. The minimum atomic E-state index is -1.01. The van der Waals surface area contributed by atoms with Crippen LogP contribution in [0.25, 0.3) is 21.7 Å². The summed E-state index contributed by atoms with van der Waals surface area (Å²) in [6.07, 6.45) is 5.38. The first-order valence-corrected chi connectivity index (χ1v) is 11.5. The van der Waals surface area contributed by atoms with Gasteiger partial charge in [-0.05, 0) is 18.9 Å². The van der Waals surface area contributed by atoms with E-state index < -0.39 is 6.29 Å². The Kier molecular flexibility index (Phi) is 8.28. The lowest BCUT2D eigenvalue weighted by Gasteiger charge is -2.17. The van der Waals surface area contributed by atoms with Crippen molar-refractivity contribution in [1.82, 2.24) is 0 Å². The lowest BCUT2D eigenvalue weighted by Crippen LogP contribution is -2.16. The van der Waals surface area contributed by atoms with E-state index in [1.54, 1.807) is 6.07 Å². The average molecular weight is 441 g/mol. The molecular formula is C26H32O6. The van der Waals surface area contributed by atoms with E-state index in [0.717, 1.165) is 38.5 Å². The topological polar surface area (TPSA) is 86.0 Å². The summed E-state index contributed by atoms with van der Waals surface area (Å²) in [5.41, 5.74) is 0.291. The summed E-state index contributed by atoms with van der Waals surface area (Å²) in [6.45, 7) is 5.58. The lowest BCUT2D eigenvalue weighted by atomic mass is 10.0. The number of rotatable bonds is 12. The van der Waals surface area contributed by atoms with Gasteiger partial charge in [0, 0.05) is 30.5 Å². The molecule has 1 aromatic heterocycles. The van der Waals surface area contributed by atoms with Crippen molar-refractivity contribution >= 4 is 33.5 Å². The molecule has 0 radical (unpaired) electrons. The van der Waals surface area contributed by atoms with Gasteiger partial charge in [0.15, 0.2) is 29.2 Å². The number of carbonyl (C=O) groups is 2. The van der Waals surface area contributed by atoms with Crippen molar-refractivity contribution in [1.29, 1.82) is 0 Å². The summed E-state index contributed by atoms with van der Waals surface area (Å²) in [6, 6.07) is 8.92. The molecule has 1 heterocycles. The van der Waals surface area contributed by atoms with Gasteiger partial charge in [0.1, 0.15) is 5.75 Å². The zero-order valence-electron chi connectivity index (χ0n) is 19.1. The molecule has 0 aliphatic heterocycles. The number of furan rings is 1. The van der Waals surface area contributed by atoms with Crippen LogP contribution in [-0.4, -0.2) is 23.1 Å². The Labute approximate surface area is 188 Å². The van der Waals surface area contributed by atoms with Crippen LogP contribution in [0, 0.1) is 0 Å². The second kappa shape index (κ2) is 11.1. The third-order valence-corrected chi connectivity index (χ3v) is 5.46. The van der Waals surface area contributed by atoms with E-state index in [-0.39, 0.29) is 17.5 Å². The quantitative estimate of drug-likeness (QED) is 0.113. The Hall–Kier alpha value is -2.86. The third kappa shape index (κ3) is 5.49. The molecule has 0 bridgehead atoms. The number of aliphatic hydroxyl groups excluding tert-OH is 1. The minimum Gasteiger partial charge on any atom is -0.461 e. The lowest BCUT2D eigenvalue weighted by molar-refractivity contribution is -0.134. The minimum absolute atomic E-state index is 0.143. The van der Waals surface area contributed by atoms with Crippen molar-refractivity contribution in [2.24, 2.45) is 0 Å². The van der Waals surface area contributed by atoms with Gasteiger partial charge in [0.05, 0.1) is 5.39 Å². The third-order valence-electron chi connectivity index (χ3n) is 5.46. The van der Waals surface area contributed by atoms with Crippen LogP contribution in [0.15, 0.2) is 34.7 Å². The van der Waals surface area contributed by atoms with Crippen molar-refractivity contribution < 1.29 is 28.6 Å². The summed E-state index contributed by atoms with van der Waals surface area (Å²) in [7, 11) is 0. The molecule has 0 aliphatic carbocycles. The number of unbranched alkanes of at least 4 members (excludes halogenated alkanes) is 4. The molecule has 6 heteroatoms. The molecule has 6 nitrogen and oxygen atoms in total. The molecule has 0 saturated heterocycles. The Balaban J connectivity index is 2.08. The van der Waals surface area contributed by atoms with Crippen molar-refractivity contribution in [3.05, 3.63) is 36.1 Å². The molecule has 0 spiro atoms. The maximum absolute atomic E-state index is 12.5. The molecule has 32 heavy (non-hydrogen) atoms. The number of ketones is 1. The summed E-state index contributed by atoms with van der Waals surface area (Å²) < 4.78 is 17.6. The van der Waals surface area contributed by atoms with Crippen LogP contribution < -0.4 is 9.47 Å². The van der Waals surface area contributed by atoms with Crippen molar-refractivity contribution in [3.8, 4) is 11.5 Å². The number of hydrogen-bond donors (Lipinski definition) is 1. The maximum Gasteiger partial charge on any atom is 0.311 e. The predicted octanol–water partition coefficient (Wildman–Crippen LogP) is 6.55. The van der Waals surface area contributed by atoms with E-state index in [0.29, 0.717) is 46.1 Å². The molecular weight excluding hydrogens is 408 g/mol. The highest BCUT2D eigenvalue weighted by atomic mass is 16.6. The molecule has 3 rings (SSSR count). The molecule has 172 valence electrons. The van der Waals surface area contributed by atoms with Gasteiger partial charge in [-0.3, -0.25) is 9.59 Å². The van der Waals surface area contributed by atoms with E-state index in [1.165, 1.54) is 6.92 Å². The molecule has 0 aliphatic rings. The van der Waals surface area contributed by atoms with Gasteiger partial charge in [0.2, 0.25) is 0 Å². The zero-order valence-corrected chi connectivity index (χ0v) is 19.1. The highest BCUT2D eigenvalue weighted by Gasteiger charge is 2.24. The molecule has 0 saturated carbocycles. The van der Waals surface area contributed by atoms with Crippen molar-refractivity contribution in [2.45, 2.75) is 78.4 Å². The number of esters is 1. The van der Waals surface area contributed by atoms with Gasteiger partial charge in [-0.15, -0.1) is 0 Å². The number of aliphatic hydroxyl groups is 1. The summed E-state index contributed by atoms with van der Waals surface area (Å²) in [4.78, 5) is 24.6. The zero-order chi connectivity index (χ0) is 23.1. The molecule has 0 fully saturated rings. The highest BCUT2D eigenvalue weighted by Crippen LogP contribution is 2.45. The number of carbonyl (C=O) groups excluding carboxylic acids is 2. The van der Waals surface area contributed by atoms with Gasteiger partial charge >= 0.3 is 5.97 Å². The van der Waals surface area contributed by atoms with Crippen LogP contribution in [-0.2, 0) is 4.79 Å². The van der Waals surface area contributed by atoms with Gasteiger partial charge < -0.3 is 19.0 Å². The first-order valence-electron chi connectivity index (χ1n) is 11.5. The normalized spacial score (nSPS) is 12.2. The van der Waals surface area contributed by atoms with Gasteiger partial charge in [0.25, 0.3) is 0 Å². The van der Waals surface area contributed by atoms with E-state index in [2.05, 4.69) is 13.8 Å². The van der Waals surface area contributed by atoms with Gasteiger partial charge in [-0.2, -0.15) is 0 Å². The Morgan fingerprint density at radius 2 is 1.62 bits per heavy atom. The van der Waals surface area contributed by atoms with E-state index in [4.69, 9.17) is 13.9 Å². The number of benzene rings is 2. The fraction of sp³-hybridized carbons (Fsp3) is 0.462. The van der Waals surface area contributed by atoms with Crippen LogP contribution in [0.2, 0.25) is 0 Å². The molecule has 1 N–H and O–H groups in total. The van der Waals surface area contributed by atoms with Crippen molar-refractivity contribution in [3.63, 3.8) is 0 Å². The predicted molar refractivity (Wildman–Crippen MR) is 124 cm³/mol. The van der Waals surface area contributed by atoms with E-state index >= 15 is 0 Å². The smallest absolute Gasteiger partial charge is 0.311 e. The van der Waals surface area contributed by atoms with Crippen LogP contribution in [0.1, 0.15) is 82.7 Å². The largest absolute Gasteiger partial charge is 0.461 e. The molecule has 1 atom stereocenters. The average Bonchev–Trinajstić information content (AvgIpc) is 3.22. The van der Waals surface area contributed by atoms with E-state index in [9.17, 15) is 14.7 Å². The maximum atomic E-state index is 12.5. The Morgan fingerprint density at radius 1 is 0.969 bits per heavy atom. The standard InChI is InChI=1S/C26H32O6/c1-4-6-8-14-22(28)31-24-18-12-10-11-13-19(18)25(32-23(29)15-9-7-5-2)26-20(24)16-21(30-26)17(3)27/h10-13,16,23,29H,4-9,14-15H2,1-3H3. The van der Waals surface area contributed by atoms with Crippen LogP contribution in [0.4, 0.5) is 0 Å². The Bertz CT molecular complexity index is 1080. The monoisotopic (exact) mass is 440 g/mol. The first-order chi connectivity index (χ1) is 15.5. The highest BCUT2D eigenvalue weighted by molar-refractivity contribution is 6.11. The van der Waals surface area contributed by atoms with Crippen LogP contribution in [0.3, 0.4) is 0 Å². The Morgan fingerprint density at radius 3 is 2.28 bits per heavy atom. The number of ether oxygens (including phenoxy) is 2. The number of fused-ring (bicyclic) bond motifs is 2. The molecule has 2 aromatic carbocycles. The summed E-state index contributed by atoms with van der Waals surface area (Å²) in [5.74, 6) is 0.256.